The van der Waals surface area contributed by atoms with Crippen LogP contribution in [-0.2, 0) is 0 Å². The number of rotatable bonds is 2. The molecular formula is C7H8N4O. The van der Waals surface area contributed by atoms with Gasteiger partial charge >= 0.3 is 0 Å². The Bertz CT molecular complexity index is 321. The standard InChI is InChI=1S/C7H8N4O/c1-2-10-7-5(6(8)12)3-9-4-11-7/h2-4H,1H3,(H2,8,12)/b10-2-. The van der Waals surface area contributed by atoms with Gasteiger partial charge in [-0.2, -0.15) is 0 Å². The topological polar surface area (TPSA) is 81.2 Å². The van der Waals surface area contributed by atoms with E-state index in [0.29, 0.717) is 5.82 Å². The molecule has 1 heterocycles. The zero-order valence-electron chi connectivity index (χ0n) is 6.56. The Labute approximate surface area is 69.4 Å². The van der Waals surface area contributed by atoms with Crippen molar-refractivity contribution in [3.8, 4) is 0 Å². The number of aromatic nitrogens is 2. The highest BCUT2D eigenvalue weighted by Gasteiger charge is 2.06. The van der Waals surface area contributed by atoms with Crippen LogP contribution >= 0.6 is 0 Å². The van der Waals surface area contributed by atoms with Crippen molar-refractivity contribution >= 4 is 17.9 Å². The van der Waals surface area contributed by atoms with Gasteiger partial charge in [-0.15, -0.1) is 0 Å². The predicted molar refractivity (Wildman–Crippen MR) is 44.4 cm³/mol. The Hall–Kier alpha value is -1.78. The first-order valence-electron chi connectivity index (χ1n) is 3.34. The lowest BCUT2D eigenvalue weighted by Crippen LogP contribution is -2.12. The number of amides is 1. The molecule has 1 amide bonds. The van der Waals surface area contributed by atoms with E-state index in [9.17, 15) is 4.79 Å². The third kappa shape index (κ3) is 1.63. The zero-order valence-corrected chi connectivity index (χ0v) is 6.56. The molecule has 1 rings (SSSR count). The first-order valence-corrected chi connectivity index (χ1v) is 3.34. The molecule has 1 aromatic heterocycles. The summed E-state index contributed by atoms with van der Waals surface area (Å²) in [6.45, 7) is 1.73. The van der Waals surface area contributed by atoms with Crippen LogP contribution in [0.3, 0.4) is 0 Å². The van der Waals surface area contributed by atoms with Crippen LogP contribution in [0.25, 0.3) is 0 Å². The molecule has 12 heavy (non-hydrogen) atoms. The van der Waals surface area contributed by atoms with Crippen LogP contribution in [0.1, 0.15) is 17.3 Å². The maximum atomic E-state index is 10.8. The number of primary amides is 1. The lowest BCUT2D eigenvalue weighted by molar-refractivity contribution is 0.100. The monoisotopic (exact) mass is 164 g/mol. The van der Waals surface area contributed by atoms with Crippen LogP contribution < -0.4 is 5.73 Å². The van der Waals surface area contributed by atoms with Crippen molar-refractivity contribution in [1.29, 1.82) is 0 Å². The van der Waals surface area contributed by atoms with Gasteiger partial charge < -0.3 is 5.73 Å². The lowest BCUT2D eigenvalue weighted by Gasteiger charge is -1.96. The first kappa shape index (κ1) is 8.32. The highest BCUT2D eigenvalue weighted by molar-refractivity contribution is 5.96. The van der Waals surface area contributed by atoms with Crippen molar-refractivity contribution in [3.05, 3.63) is 18.1 Å². The fourth-order valence-electron chi connectivity index (χ4n) is 0.722. The van der Waals surface area contributed by atoms with E-state index in [1.165, 1.54) is 18.7 Å². The normalized spacial score (nSPS) is 10.4. The second kappa shape index (κ2) is 3.56. The molecule has 0 fully saturated rings. The molecule has 2 N–H and O–H groups in total. The maximum absolute atomic E-state index is 10.8. The van der Waals surface area contributed by atoms with E-state index in [0.717, 1.165) is 0 Å². The van der Waals surface area contributed by atoms with E-state index in [4.69, 9.17) is 5.73 Å². The molecule has 0 spiro atoms. The summed E-state index contributed by atoms with van der Waals surface area (Å²) in [6.07, 6.45) is 4.20. The summed E-state index contributed by atoms with van der Waals surface area (Å²) in [7, 11) is 0. The molecule has 0 saturated heterocycles. The van der Waals surface area contributed by atoms with E-state index in [2.05, 4.69) is 15.0 Å². The van der Waals surface area contributed by atoms with Crippen LogP contribution in [0.15, 0.2) is 17.5 Å². The van der Waals surface area contributed by atoms with Crippen molar-refractivity contribution in [3.63, 3.8) is 0 Å². The summed E-state index contributed by atoms with van der Waals surface area (Å²) >= 11 is 0. The van der Waals surface area contributed by atoms with Gasteiger partial charge in [0.2, 0.25) is 0 Å². The van der Waals surface area contributed by atoms with Gasteiger partial charge in [0.25, 0.3) is 5.91 Å². The molecule has 0 aromatic carbocycles. The van der Waals surface area contributed by atoms with Gasteiger partial charge in [0.1, 0.15) is 11.9 Å². The smallest absolute Gasteiger partial charge is 0.254 e. The second-order valence-electron chi connectivity index (χ2n) is 2.01. The summed E-state index contributed by atoms with van der Waals surface area (Å²) < 4.78 is 0. The Morgan fingerprint density at radius 2 is 2.50 bits per heavy atom. The SMILES string of the molecule is C/C=N\c1ncncc1C(N)=O. The molecular weight excluding hydrogens is 156 g/mol. The van der Waals surface area contributed by atoms with Crippen LogP contribution in [0.5, 0.6) is 0 Å². The van der Waals surface area contributed by atoms with Gasteiger partial charge in [0.15, 0.2) is 5.82 Å². The number of hydrogen-bond acceptors (Lipinski definition) is 4. The van der Waals surface area contributed by atoms with Crippen LogP contribution in [0.4, 0.5) is 5.82 Å². The molecule has 62 valence electrons. The minimum absolute atomic E-state index is 0.232. The molecule has 5 nitrogen and oxygen atoms in total. The van der Waals surface area contributed by atoms with Crippen molar-refractivity contribution < 1.29 is 4.79 Å². The Morgan fingerprint density at radius 1 is 1.75 bits per heavy atom. The van der Waals surface area contributed by atoms with E-state index < -0.39 is 5.91 Å². The van der Waals surface area contributed by atoms with Crippen molar-refractivity contribution in [2.45, 2.75) is 6.92 Å². The molecule has 0 bridgehead atoms. The fraction of sp³-hybridized carbons (Fsp3) is 0.143. The number of nitrogens with zero attached hydrogens (tertiary/aromatic N) is 3. The molecule has 0 unspecified atom stereocenters. The highest BCUT2D eigenvalue weighted by Crippen LogP contribution is 2.11. The summed E-state index contributed by atoms with van der Waals surface area (Å²) in [6, 6.07) is 0. The minimum Gasteiger partial charge on any atom is -0.365 e. The second-order valence-corrected chi connectivity index (χ2v) is 2.01. The number of carbonyl (C=O) groups excluding carboxylic acids is 1. The van der Waals surface area contributed by atoms with Crippen molar-refractivity contribution in [2.75, 3.05) is 0 Å². The van der Waals surface area contributed by atoms with Crippen molar-refractivity contribution in [2.24, 2.45) is 10.7 Å². The van der Waals surface area contributed by atoms with Crippen LogP contribution in [0.2, 0.25) is 0 Å². The summed E-state index contributed by atoms with van der Waals surface area (Å²) in [5.41, 5.74) is 5.28. The van der Waals surface area contributed by atoms with Crippen LogP contribution in [0, 0.1) is 0 Å². The first-order chi connectivity index (χ1) is 5.75. The van der Waals surface area contributed by atoms with Gasteiger partial charge in [-0.1, -0.05) is 0 Å². The molecule has 0 radical (unpaired) electrons. The van der Waals surface area contributed by atoms with E-state index in [-0.39, 0.29) is 5.56 Å². The number of aliphatic imine (C=N–C) groups is 1. The zero-order chi connectivity index (χ0) is 8.97. The van der Waals surface area contributed by atoms with Crippen LogP contribution in [-0.4, -0.2) is 22.1 Å². The molecule has 0 aliphatic carbocycles. The molecule has 0 aliphatic heterocycles. The maximum Gasteiger partial charge on any atom is 0.254 e. The largest absolute Gasteiger partial charge is 0.365 e. The van der Waals surface area contributed by atoms with Gasteiger partial charge in [-0.25, -0.2) is 15.0 Å². The molecule has 0 atom stereocenters. The van der Waals surface area contributed by atoms with Gasteiger partial charge in [0.05, 0.1) is 0 Å². The lowest BCUT2D eigenvalue weighted by atomic mass is 10.3. The summed E-state index contributed by atoms with van der Waals surface area (Å²) in [4.78, 5) is 22.1. The Balaban J connectivity index is 3.17. The predicted octanol–water partition coefficient (Wildman–Crippen LogP) is 0.298. The third-order valence-corrected chi connectivity index (χ3v) is 1.21. The molecule has 0 saturated carbocycles. The van der Waals surface area contributed by atoms with E-state index in [1.54, 1.807) is 6.92 Å². The molecule has 1 aromatic rings. The van der Waals surface area contributed by atoms with Gasteiger partial charge in [-0.3, -0.25) is 4.79 Å². The minimum atomic E-state index is -0.573. The quantitative estimate of drug-likeness (QED) is 0.638. The van der Waals surface area contributed by atoms with Gasteiger partial charge in [0, 0.05) is 12.4 Å². The van der Waals surface area contributed by atoms with E-state index in [1.807, 2.05) is 0 Å². The molecule has 0 aliphatic rings. The third-order valence-electron chi connectivity index (χ3n) is 1.21. The Morgan fingerprint density at radius 3 is 3.08 bits per heavy atom. The average Bonchev–Trinajstić information content (AvgIpc) is 2.05. The number of nitrogens with two attached hydrogens (primary N) is 1. The summed E-state index contributed by atoms with van der Waals surface area (Å²) in [5, 5.41) is 0. The van der Waals surface area contributed by atoms with Crippen molar-refractivity contribution in [1.82, 2.24) is 9.97 Å². The number of hydrogen-bond donors (Lipinski definition) is 1. The number of carbonyl (C=O) groups is 1. The highest BCUT2D eigenvalue weighted by atomic mass is 16.1. The average molecular weight is 164 g/mol. The van der Waals surface area contributed by atoms with E-state index >= 15 is 0 Å². The fourth-order valence-corrected chi connectivity index (χ4v) is 0.722. The molecule has 5 heteroatoms. The Kier molecular flexibility index (Phi) is 2.47. The summed E-state index contributed by atoms with van der Waals surface area (Å²) in [5.74, 6) is -0.267. The van der Waals surface area contributed by atoms with Gasteiger partial charge in [-0.05, 0) is 6.92 Å².